The number of nitrogens with one attached hydrogen (secondary N) is 1. The summed E-state index contributed by atoms with van der Waals surface area (Å²) in [6, 6.07) is 74.5. The SMILES string of the molecule is C#CC(=O)OC(C)(C)C.C#CC1(N)CCCCC1.C#CCC(N)C(=O)O.C#CCCC(=O)O.C#CCCCc1ccccc1.C#CCN.C#CCN(C)Cc1ccccc1.C#CCN(CC)CC.C#CCN=C1NC(=O)C(c2ccccc2)O1.C#CCOc1ccccc1.C#CCc1ccccc1.C#CS(=O)(=O)c1ccc(C)cc1.C#Cc1ccc(Cl)cc1.C#Cc1cccc(O)c1.C#Cc1ccccn1. The first-order valence-corrected chi connectivity index (χ1v) is 45.6. The van der Waals surface area contributed by atoms with Gasteiger partial charge in [0, 0.05) is 71.3 Å². The van der Waals surface area contributed by atoms with Gasteiger partial charge in [0.2, 0.25) is 15.9 Å². The Labute approximate surface area is 846 Å². The molecule has 2 heterocycles. The maximum absolute atomic E-state index is 11.6. The number of para-hydroxylation sites is 1. The van der Waals surface area contributed by atoms with E-state index in [0.29, 0.717) is 42.4 Å². The fourth-order valence-electron chi connectivity index (χ4n) is 9.89. The summed E-state index contributed by atoms with van der Waals surface area (Å²) in [5.41, 5.74) is 22.8. The Kier molecular flexibility index (Phi) is 79.8. The number of aryl methyl sites for hydroxylation is 2. The number of ether oxygens (including phenoxy) is 3. The predicted molar refractivity (Wildman–Crippen MR) is 577 cm³/mol. The van der Waals surface area contributed by atoms with Crippen molar-refractivity contribution < 1.29 is 57.1 Å². The summed E-state index contributed by atoms with van der Waals surface area (Å²) in [5, 5.41) is 29.9. The topological polar surface area (TPSA) is 313 Å². The number of carboxylic acid groups (broad SMARTS) is 2. The number of rotatable bonds is 19. The number of esters is 1. The second kappa shape index (κ2) is 86.2. The maximum atomic E-state index is 11.6. The minimum atomic E-state index is -3.49. The quantitative estimate of drug-likeness (QED) is 0.0130. The van der Waals surface area contributed by atoms with Crippen LogP contribution >= 0.6 is 11.6 Å². The molecule has 2 atom stereocenters. The lowest BCUT2D eigenvalue weighted by Gasteiger charge is -2.27. The van der Waals surface area contributed by atoms with Crippen molar-refractivity contribution in [2.75, 3.05) is 52.9 Å². The van der Waals surface area contributed by atoms with Gasteiger partial charge in [0.15, 0.2) is 0 Å². The first-order valence-electron chi connectivity index (χ1n) is 43.7. The Balaban J connectivity index is -0.000000718. The number of aliphatic carboxylic acids is 2. The van der Waals surface area contributed by atoms with Gasteiger partial charge in [0.1, 0.15) is 42.0 Å². The van der Waals surface area contributed by atoms with Crippen molar-refractivity contribution >= 4 is 51.3 Å². The van der Waals surface area contributed by atoms with E-state index in [1.807, 2.05) is 159 Å². The van der Waals surface area contributed by atoms with E-state index >= 15 is 0 Å². The molecule has 1 aliphatic carbocycles. The number of unbranched alkanes of at least 4 members (excludes halogenated alkanes) is 1. The lowest BCUT2D eigenvalue weighted by molar-refractivity contribution is -0.147. The molecule has 9 aromatic rings. The van der Waals surface area contributed by atoms with E-state index < -0.39 is 45.5 Å². The van der Waals surface area contributed by atoms with Gasteiger partial charge in [0.25, 0.3) is 11.9 Å². The molecule has 0 bridgehead atoms. The smallest absolute Gasteiger partial charge is 0.384 e. The zero-order valence-electron chi connectivity index (χ0n) is 81.5. The number of aliphatic imine (C=N–C) groups is 1. The Morgan fingerprint density at radius 1 is 0.617 bits per heavy atom. The van der Waals surface area contributed by atoms with E-state index in [1.54, 1.807) is 86.8 Å². The van der Waals surface area contributed by atoms with E-state index in [-0.39, 0.29) is 47.5 Å². The number of hydrogen-bond donors (Lipinski definition) is 7. The largest absolute Gasteiger partial charge is 0.508 e. The van der Waals surface area contributed by atoms with Crippen LogP contribution in [-0.4, -0.2) is 138 Å². The number of aromatic nitrogens is 1. The molecule has 20 nitrogen and oxygen atoms in total. The zero-order chi connectivity index (χ0) is 107. The number of hydrogen-bond acceptors (Lipinski definition) is 17. The number of terminal acetylenes is 15. The van der Waals surface area contributed by atoms with Gasteiger partial charge in [-0.05, 0) is 169 Å². The molecule has 2 fully saturated rings. The molecule has 730 valence electrons. The van der Waals surface area contributed by atoms with Gasteiger partial charge in [-0.15, -0.1) is 120 Å². The van der Waals surface area contributed by atoms with Crippen LogP contribution in [-0.2, 0) is 57.9 Å². The molecule has 2 aliphatic rings. The Morgan fingerprint density at radius 3 is 1.52 bits per heavy atom. The molecule has 0 radical (unpaired) electrons. The molecule has 8 aromatic carbocycles. The highest BCUT2D eigenvalue weighted by molar-refractivity contribution is 7.96. The number of nitrogens with zero attached hydrogens (tertiary/aromatic N) is 4. The third-order valence-corrected chi connectivity index (χ3v) is 18.4. The molecule has 1 saturated heterocycles. The highest BCUT2D eigenvalue weighted by Crippen LogP contribution is 2.25. The minimum Gasteiger partial charge on any atom is -0.508 e. The van der Waals surface area contributed by atoms with E-state index in [9.17, 15) is 27.6 Å². The number of phenols is 1. The Hall–Kier alpha value is -16.7. The van der Waals surface area contributed by atoms with Crippen molar-refractivity contribution in [3.8, 4) is 196 Å². The first kappa shape index (κ1) is 131. The summed E-state index contributed by atoms with van der Waals surface area (Å²) in [5.74, 6) is 31.9. The van der Waals surface area contributed by atoms with Gasteiger partial charge in [-0.1, -0.05) is 267 Å². The fourth-order valence-corrected chi connectivity index (χ4v) is 10.6. The number of phenolic OH excluding ortho intramolecular Hbond substituents is 1. The monoisotopic (exact) mass is 1930 g/mol. The number of carbonyl (C=O) groups is 4. The predicted octanol–water partition coefficient (Wildman–Crippen LogP) is 17.6. The number of pyridine rings is 1. The molecule has 1 aromatic heterocycles. The summed E-state index contributed by atoms with van der Waals surface area (Å²) < 4.78 is 37.3. The number of nitrogens with two attached hydrogens (primary N) is 3. The number of carbonyl (C=O) groups excluding carboxylic acids is 2. The maximum Gasteiger partial charge on any atom is 0.384 e. The summed E-state index contributed by atoms with van der Waals surface area (Å²) in [7, 11) is -1.47. The van der Waals surface area contributed by atoms with Gasteiger partial charge in [-0.25, -0.2) is 23.2 Å². The van der Waals surface area contributed by atoms with Gasteiger partial charge >= 0.3 is 17.9 Å². The first-order chi connectivity index (χ1) is 67.5. The molecule has 141 heavy (non-hydrogen) atoms. The average molecular weight is 1930 g/mol. The normalized spacial score (nSPS) is 11.4. The molecule has 22 heteroatoms. The van der Waals surface area contributed by atoms with Crippen LogP contribution in [0.1, 0.15) is 150 Å². The van der Waals surface area contributed by atoms with Crippen LogP contribution in [0.25, 0.3) is 0 Å². The molecule has 0 spiro atoms. The van der Waals surface area contributed by atoms with E-state index in [4.69, 9.17) is 148 Å². The lowest BCUT2D eigenvalue weighted by Crippen LogP contribution is -2.39. The summed E-state index contributed by atoms with van der Waals surface area (Å²) in [6.07, 6.45) is 86.0. The molecule has 1 saturated carbocycles. The highest BCUT2D eigenvalue weighted by Gasteiger charge is 2.32. The average Bonchev–Trinajstić information content (AvgIpc) is 1.82. The Bertz CT molecular complexity index is 5820. The third kappa shape index (κ3) is 76.2. The number of aromatic hydroxyl groups is 1. The molecule has 10 N–H and O–H groups in total. The van der Waals surface area contributed by atoms with Crippen LogP contribution < -0.4 is 27.3 Å². The number of amides is 1. The molecule has 1 amide bonds. The molecular weight excluding hydrogens is 1800 g/mol. The Morgan fingerprint density at radius 2 is 1.14 bits per heavy atom. The van der Waals surface area contributed by atoms with Crippen LogP contribution in [0.2, 0.25) is 5.02 Å². The van der Waals surface area contributed by atoms with Crippen LogP contribution in [0.5, 0.6) is 11.5 Å². The fraction of sp³-hybridized carbons (Fsp3) is 0.261. The van der Waals surface area contributed by atoms with E-state index in [2.05, 4.69) is 159 Å². The highest BCUT2D eigenvalue weighted by atomic mass is 35.5. The lowest BCUT2D eigenvalue weighted by atomic mass is 9.83. The van der Waals surface area contributed by atoms with Crippen LogP contribution in [0.15, 0.2) is 259 Å². The van der Waals surface area contributed by atoms with Gasteiger partial charge in [-0.2, -0.15) is 0 Å². The van der Waals surface area contributed by atoms with Crippen molar-refractivity contribution in [2.24, 2.45) is 22.2 Å². The minimum absolute atomic E-state index is 0.0799. The zero-order valence-corrected chi connectivity index (χ0v) is 83.0. The number of sulfone groups is 1. The van der Waals surface area contributed by atoms with Gasteiger partial charge in [0.05, 0.1) is 36.5 Å². The van der Waals surface area contributed by atoms with E-state index in [0.717, 1.165) is 87.1 Å². The summed E-state index contributed by atoms with van der Waals surface area (Å²) in [4.78, 5) is 53.7. The molecule has 11 rings (SSSR count). The van der Waals surface area contributed by atoms with E-state index in [1.165, 1.54) is 48.1 Å². The van der Waals surface area contributed by atoms with Crippen LogP contribution in [0.4, 0.5) is 0 Å². The van der Waals surface area contributed by atoms with Gasteiger partial charge < -0.3 is 46.7 Å². The van der Waals surface area contributed by atoms with Crippen molar-refractivity contribution in [3.05, 3.63) is 299 Å². The van der Waals surface area contributed by atoms with Crippen LogP contribution in [0, 0.1) is 191 Å². The number of amidine groups is 1. The van der Waals surface area contributed by atoms with Crippen molar-refractivity contribution in [1.29, 1.82) is 0 Å². The van der Waals surface area contributed by atoms with Crippen molar-refractivity contribution in [3.63, 3.8) is 0 Å². The molecule has 1 aliphatic heterocycles. The van der Waals surface area contributed by atoms with Crippen molar-refractivity contribution in [1.82, 2.24) is 20.1 Å². The number of carboxylic acids is 2. The second-order valence-electron chi connectivity index (χ2n) is 29.5. The van der Waals surface area contributed by atoms with Gasteiger partial charge in [-0.3, -0.25) is 29.5 Å². The molecular formula is C119H129ClN8O12S. The number of benzene rings is 8. The second-order valence-corrected chi connectivity index (χ2v) is 31.6. The molecule has 2 unspecified atom stereocenters. The number of halogens is 1. The van der Waals surface area contributed by atoms with Crippen molar-refractivity contribution in [2.45, 2.75) is 153 Å². The summed E-state index contributed by atoms with van der Waals surface area (Å²) >= 11 is 5.60. The standard InChI is InChI=1S/C12H10N2O2.C11H13N.C11H12.C9H8O2S.C9H8O.C9H8.C8H5Cl.C8H13N.C8H6O.C7H5N.C7H13N.C7H10O2.C5H7NO2.C5H6O2.C3H5N/c1-2-8-13-12-14-11(15)10(16-12)9-6-4-3-5-7-9;1-3-9-12(2)10-11-7-5-4-6-8-11;1-2-3-5-8-11-9-6-4-7-10-11;1-3-12(10,11)9-6-4-8(2)5-7-9;1-2-8-10-9-6-4-3-5-7-9;1-2-6-9-7-4-3-5-8-9;1-2-7-3-5-8(9)6-4-7;1-2-8(9)6-4-3-5-7-8;1-2-7-4-3-5-8(9)6-7;1-2-7-5-3-4-6-8-7;1-4-7-8(5-2)6-3;1-5-6(8)9-7(2,3)4;1-2-3-4(6)5(7)8;1-2-3-4-5(6)7;1-2-3-4/h1,3-7,10H,8H2,(H,13,14,15);1,4-8H,9-10H2,2H3;1,4,6-7,9-10H,3,5,8H2;1,4-7H,2H3;1,3-7H,8H2;1,3-5,7-8H,6H2;1,3-6H;1H,3-7,9H2;1,3-6,9H;1,3-6H;1H,5-7H2,2-3H3;1H,2-4H3;1,4H,3,6H2,(H,7,8);1H,3-4H2,(H,6,7);1H,3-4H2. The van der Waals surface area contributed by atoms with Crippen LogP contribution in [0.3, 0.4) is 0 Å². The summed E-state index contributed by atoms with van der Waals surface area (Å²) in [6.45, 7) is 16.8. The third-order valence-electron chi connectivity index (χ3n) is 17.0.